The summed E-state index contributed by atoms with van der Waals surface area (Å²) >= 11 is 3.21. The van der Waals surface area contributed by atoms with E-state index >= 15 is 0 Å². The van der Waals surface area contributed by atoms with Gasteiger partial charge in [0.05, 0.1) is 6.54 Å². The van der Waals surface area contributed by atoms with Crippen molar-refractivity contribution in [3.05, 3.63) is 16.5 Å². The average molecular weight is 381 g/mol. The molecule has 1 heterocycles. The zero-order valence-corrected chi connectivity index (χ0v) is 15.6. The smallest absolute Gasteiger partial charge is 0.247 e. The number of nitrogens with one attached hydrogen (secondary N) is 1. The first-order chi connectivity index (χ1) is 9.78. The van der Waals surface area contributed by atoms with E-state index in [2.05, 4.69) is 28.2 Å². The van der Waals surface area contributed by atoms with E-state index in [1.54, 1.807) is 13.1 Å². The van der Waals surface area contributed by atoms with Gasteiger partial charge >= 0.3 is 0 Å². The Hall–Kier alpha value is -0.370. The topological polar surface area (TPSA) is 62.6 Å². The van der Waals surface area contributed by atoms with E-state index in [0.717, 1.165) is 19.3 Å². The van der Waals surface area contributed by atoms with Crippen LogP contribution in [0.4, 0.5) is 0 Å². The molecule has 5 nitrogen and oxygen atoms in total. The van der Waals surface area contributed by atoms with Crippen LogP contribution in [-0.4, -0.2) is 32.4 Å². The van der Waals surface area contributed by atoms with Gasteiger partial charge in [-0.2, -0.15) is 0 Å². The van der Waals surface area contributed by atoms with Crippen molar-refractivity contribution in [2.24, 2.45) is 0 Å². The fraction of sp³-hybridized carbons (Fsp3) is 0.714. The molecule has 122 valence electrons. The summed E-state index contributed by atoms with van der Waals surface area (Å²) in [6.07, 6.45) is 2.95. The lowest BCUT2D eigenvalue weighted by Crippen LogP contribution is -2.28. The highest BCUT2D eigenvalue weighted by molar-refractivity contribution is 9.10. The molecule has 1 rings (SSSR count). The average Bonchev–Trinajstić information content (AvgIpc) is 2.78. The van der Waals surface area contributed by atoms with Crippen LogP contribution < -0.4 is 5.32 Å². The Kier molecular flexibility index (Phi) is 7.39. The zero-order valence-electron chi connectivity index (χ0n) is 13.1. The minimum absolute atomic E-state index is 0.196. The molecule has 0 aliphatic heterocycles. The Balaban J connectivity index is 2.82. The van der Waals surface area contributed by atoms with Gasteiger partial charge in [-0.25, -0.2) is 12.7 Å². The maximum absolute atomic E-state index is 12.5. The molecule has 1 N–H and O–H groups in total. The van der Waals surface area contributed by atoms with Crippen LogP contribution in [0.2, 0.25) is 0 Å². The Morgan fingerprint density at radius 3 is 2.62 bits per heavy atom. The lowest BCUT2D eigenvalue weighted by Gasteiger charge is -2.15. The van der Waals surface area contributed by atoms with Crippen LogP contribution >= 0.6 is 15.9 Å². The van der Waals surface area contributed by atoms with Gasteiger partial charge in [-0.15, -0.1) is 0 Å². The molecule has 0 bridgehead atoms. The Morgan fingerprint density at radius 2 is 2.05 bits per heavy atom. The summed E-state index contributed by atoms with van der Waals surface area (Å²) in [6.45, 7) is 7.17. The van der Waals surface area contributed by atoms with E-state index in [1.165, 1.54) is 4.31 Å². The molecule has 0 fully saturated rings. The Bertz CT molecular complexity index is 540. The third kappa shape index (κ3) is 5.39. The molecular formula is C14H25BrN2O3S. The summed E-state index contributed by atoms with van der Waals surface area (Å²) in [5.74, 6) is 0.608. The van der Waals surface area contributed by atoms with E-state index in [0.29, 0.717) is 24.9 Å². The minimum atomic E-state index is -3.50. The van der Waals surface area contributed by atoms with Crippen molar-refractivity contribution in [2.75, 3.05) is 13.6 Å². The monoisotopic (exact) mass is 380 g/mol. The predicted octanol–water partition coefficient (Wildman–Crippen LogP) is 3.35. The quantitative estimate of drug-likeness (QED) is 0.667. The molecule has 0 atom stereocenters. The normalized spacial score (nSPS) is 12.5. The number of unbranched alkanes of at least 4 members (excludes halogenated alkanes) is 2. The van der Waals surface area contributed by atoms with E-state index in [9.17, 15) is 8.42 Å². The molecule has 0 amide bonds. The highest BCUT2D eigenvalue weighted by atomic mass is 79.9. The van der Waals surface area contributed by atoms with Crippen LogP contribution in [0.3, 0.4) is 0 Å². The fourth-order valence-corrected chi connectivity index (χ4v) is 4.00. The predicted molar refractivity (Wildman–Crippen MR) is 87.7 cm³/mol. The van der Waals surface area contributed by atoms with Crippen LogP contribution in [0.25, 0.3) is 0 Å². The van der Waals surface area contributed by atoms with Crippen LogP contribution in [0.5, 0.6) is 0 Å². The van der Waals surface area contributed by atoms with Crippen molar-refractivity contribution in [1.29, 1.82) is 0 Å². The SMILES string of the molecule is CCCCCN(C)S(=O)(=O)c1cc(CNC(C)C)oc1Br. The molecule has 21 heavy (non-hydrogen) atoms. The third-order valence-electron chi connectivity index (χ3n) is 3.16. The fourth-order valence-electron chi connectivity index (χ4n) is 1.84. The number of hydrogen-bond donors (Lipinski definition) is 1. The van der Waals surface area contributed by atoms with Crippen molar-refractivity contribution in [2.45, 2.75) is 57.5 Å². The summed E-state index contributed by atoms with van der Waals surface area (Å²) < 4.78 is 32.2. The summed E-state index contributed by atoms with van der Waals surface area (Å²) in [6, 6.07) is 1.90. The lowest BCUT2D eigenvalue weighted by atomic mass is 10.2. The Morgan fingerprint density at radius 1 is 1.38 bits per heavy atom. The lowest BCUT2D eigenvalue weighted by molar-refractivity contribution is 0.439. The maximum Gasteiger partial charge on any atom is 0.247 e. The molecular weight excluding hydrogens is 356 g/mol. The van der Waals surface area contributed by atoms with Crippen LogP contribution in [0.15, 0.2) is 20.0 Å². The van der Waals surface area contributed by atoms with Crippen LogP contribution in [-0.2, 0) is 16.6 Å². The molecule has 1 aromatic heterocycles. The van der Waals surface area contributed by atoms with E-state index in [-0.39, 0.29) is 9.56 Å². The van der Waals surface area contributed by atoms with Gasteiger partial charge in [0.1, 0.15) is 10.7 Å². The molecule has 0 spiro atoms. The summed E-state index contributed by atoms with van der Waals surface area (Å²) in [5.41, 5.74) is 0. The van der Waals surface area contributed by atoms with Crippen LogP contribution in [0, 0.1) is 0 Å². The minimum Gasteiger partial charge on any atom is -0.452 e. The number of hydrogen-bond acceptors (Lipinski definition) is 4. The van der Waals surface area contributed by atoms with Gasteiger partial charge in [0.15, 0.2) is 4.67 Å². The molecule has 0 aromatic carbocycles. The zero-order chi connectivity index (χ0) is 16.0. The number of halogens is 1. The van der Waals surface area contributed by atoms with Gasteiger partial charge in [-0.1, -0.05) is 33.6 Å². The molecule has 0 radical (unpaired) electrons. The van der Waals surface area contributed by atoms with Gasteiger partial charge in [-0.3, -0.25) is 0 Å². The molecule has 7 heteroatoms. The highest BCUT2D eigenvalue weighted by Gasteiger charge is 2.26. The number of furan rings is 1. The highest BCUT2D eigenvalue weighted by Crippen LogP contribution is 2.28. The summed E-state index contributed by atoms with van der Waals surface area (Å²) in [5, 5.41) is 3.20. The standard InChI is InChI=1S/C14H25BrN2O3S/c1-5-6-7-8-17(4)21(18,19)13-9-12(20-14(13)15)10-16-11(2)3/h9,11,16H,5-8,10H2,1-4H3. The summed E-state index contributed by atoms with van der Waals surface area (Å²) in [4.78, 5) is 0.196. The second-order valence-corrected chi connectivity index (χ2v) is 8.15. The van der Waals surface area contributed by atoms with Gasteiger partial charge in [0, 0.05) is 25.7 Å². The molecule has 0 aliphatic rings. The number of nitrogens with zero attached hydrogens (tertiary/aromatic N) is 1. The Labute approximate surface area is 136 Å². The van der Waals surface area contributed by atoms with Crippen molar-refractivity contribution in [1.82, 2.24) is 9.62 Å². The van der Waals surface area contributed by atoms with E-state index in [4.69, 9.17) is 4.42 Å². The second-order valence-electron chi connectivity index (χ2n) is 5.42. The molecule has 1 aromatic rings. The van der Waals surface area contributed by atoms with Crippen molar-refractivity contribution in [3.8, 4) is 0 Å². The first-order valence-electron chi connectivity index (χ1n) is 7.27. The van der Waals surface area contributed by atoms with Gasteiger partial charge < -0.3 is 9.73 Å². The number of sulfonamides is 1. The molecule has 0 aliphatic carbocycles. The van der Waals surface area contributed by atoms with E-state index < -0.39 is 10.0 Å². The molecule has 0 saturated heterocycles. The van der Waals surface area contributed by atoms with Crippen LogP contribution in [0.1, 0.15) is 45.8 Å². The van der Waals surface area contributed by atoms with E-state index in [1.807, 2.05) is 13.8 Å². The van der Waals surface area contributed by atoms with Gasteiger partial charge in [0.25, 0.3) is 0 Å². The van der Waals surface area contributed by atoms with Crippen molar-refractivity contribution < 1.29 is 12.8 Å². The molecule has 0 saturated carbocycles. The van der Waals surface area contributed by atoms with Gasteiger partial charge in [0.2, 0.25) is 10.0 Å². The first kappa shape index (κ1) is 18.7. The summed E-state index contributed by atoms with van der Waals surface area (Å²) in [7, 11) is -1.90. The molecule has 0 unspecified atom stereocenters. The largest absolute Gasteiger partial charge is 0.452 e. The number of rotatable bonds is 9. The second kappa shape index (κ2) is 8.31. The maximum atomic E-state index is 12.5. The van der Waals surface area contributed by atoms with Gasteiger partial charge in [-0.05, 0) is 22.4 Å². The van der Waals surface area contributed by atoms with Crippen molar-refractivity contribution >= 4 is 26.0 Å². The van der Waals surface area contributed by atoms with Crippen molar-refractivity contribution in [3.63, 3.8) is 0 Å². The third-order valence-corrected chi connectivity index (χ3v) is 5.87. The first-order valence-corrected chi connectivity index (χ1v) is 9.50.